The van der Waals surface area contributed by atoms with Crippen molar-refractivity contribution in [3.63, 3.8) is 0 Å². The summed E-state index contributed by atoms with van der Waals surface area (Å²) in [5, 5.41) is 0.949. The van der Waals surface area contributed by atoms with Crippen molar-refractivity contribution in [1.82, 2.24) is 4.98 Å². The third kappa shape index (κ3) is 2.80. The first-order valence-corrected chi connectivity index (χ1v) is 8.49. The summed E-state index contributed by atoms with van der Waals surface area (Å²) in [7, 11) is -3.21. The number of alkyl halides is 1. The summed E-state index contributed by atoms with van der Waals surface area (Å²) in [6.45, 7) is 1.74. The summed E-state index contributed by atoms with van der Waals surface area (Å²) in [5.41, 5.74) is 0. The molecule has 1 aliphatic heterocycles. The van der Waals surface area contributed by atoms with Gasteiger partial charge in [-0.1, -0.05) is 15.9 Å². The first-order valence-electron chi connectivity index (χ1n) is 5.48. The van der Waals surface area contributed by atoms with Crippen molar-refractivity contribution in [1.29, 1.82) is 0 Å². The molecule has 4 nitrogen and oxygen atoms in total. The van der Waals surface area contributed by atoms with Gasteiger partial charge in [-0.2, -0.15) is 0 Å². The van der Waals surface area contributed by atoms with Gasteiger partial charge in [-0.3, -0.25) is 0 Å². The lowest BCUT2D eigenvalue weighted by atomic mass is 10.2. The van der Waals surface area contributed by atoms with Gasteiger partial charge in [-0.05, 0) is 24.5 Å². The van der Waals surface area contributed by atoms with Crippen molar-refractivity contribution < 1.29 is 8.42 Å². The van der Waals surface area contributed by atoms with Crippen molar-refractivity contribution in [2.75, 3.05) is 29.6 Å². The Labute approximate surface area is 110 Å². The highest BCUT2D eigenvalue weighted by molar-refractivity contribution is 9.09. The summed E-state index contributed by atoms with van der Waals surface area (Å²) in [5.74, 6) is 1.17. The van der Waals surface area contributed by atoms with Gasteiger partial charge in [0.1, 0.15) is 10.7 Å². The smallest absolute Gasteiger partial charge is 0.179 e. The molecule has 1 atom stereocenters. The maximum Gasteiger partial charge on any atom is 0.179 e. The molecule has 17 heavy (non-hydrogen) atoms. The lowest BCUT2D eigenvalue weighted by molar-refractivity contribution is 0.601. The van der Waals surface area contributed by atoms with E-state index in [2.05, 4.69) is 25.8 Å². The Kier molecular flexibility index (Phi) is 3.73. The lowest BCUT2D eigenvalue weighted by Crippen LogP contribution is -2.23. The predicted octanol–water partition coefficient (Wildman–Crippen LogP) is 1.71. The van der Waals surface area contributed by atoms with Gasteiger partial charge < -0.3 is 4.90 Å². The summed E-state index contributed by atoms with van der Waals surface area (Å²) in [6, 6.07) is 3.29. The molecule has 6 heteroatoms. The zero-order valence-corrected chi connectivity index (χ0v) is 12.0. The molecular formula is C11H15BrN2O2S. The third-order valence-electron chi connectivity index (χ3n) is 2.95. The molecule has 0 spiro atoms. The molecule has 0 N–H and O–H groups in total. The van der Waals surface area contributed by atoms with Crippen molar-refractivity contribution in [3.8, 4) is 0 Å². The van der Waals surface area contributed by atoms with Crippen LogP contribution < -0.4 is 4.90 Å². The van der Waals surface area contributed by atoms with Crippen molar-refractivity contribution in [2.45, 2.75) is 11.3 Å². The fraction of sp³-hybridized carbons (Fsp3) is 0.545. The van der Waals surface area contributed by atoms with Crippen LogP contribution in [0.2, 0.25) is 0 Å². The average molecular weight is 319 g/mol. The topological polar surface area (TPSA) is 50.3 Å². The predicted molar refractivity (Wildman–Crippen MR) is 71.5 cm³/mol. The van der Waals surface area contributed by atoms with E-state index in [-0.39, 0.29) is 0 Å². The van der Waals surface area contributed by atoms with Gasteiger partial charge in [0.15, 0.2) is 9.84 Å². The third-order valence-corrected chi connectivity index (χ3v) is 4.99. The van der Waals surface area contributed by atoms with Crippen LogP contribution in [0.25, 0.3) is 0 Å². The minimum absolute atomic E-state index is 0.329. The van der Waals surface area contributed by atoms with Gasteiger partial charge in [0.25, 0.3) is 0 Å². The highest BCUT2D eigenvalue weighted by Gasteiger charge is 2.26. The molecule has 1 aliphatic rings. The highest BCUT2D eigenvalue weighted by Crippen LogP contribution is 2.28. The fourth-order valence-corrected chi connectivity index (χ4v) is 3.43. The van der Waals surface area contributed by atoms with E-state index in [0.717, 1.165) is 24.8 Å². The molecule has 1 aromatic rings. The molecule has 0 aromatic carbocycles. The molecular weight excluding hydrogens is 304 g/mol. The van der Waals surface area contributed by atoms with Gasteiger partial charge in [-0.25, -0.2) is 13.4 Å². The minimum Gasteiger partial charge on any atom is -0.355 e. The lowest BCUT2D eigenvalue weighted by Gasteiger charge is -2.19. The fourth-order valence-electron chi connectivity index (χ4n) is 2.06. The molecule has 0 bridgehead atoms. The minimum atomic E-state index is -3.21. The molecule has 1 aromatic heterocycles. The molecule has 0 amide bonds. The Bertz CT molecular complexity index is 504. The number of anilines is 1. The Morgan fingerprint density at radius 1 is 1.59 bits per heavy atom. The number of sulfone groups is 1. The molecule has 2 heterocycles. The van der Waals surface area contributed by atoms with E-state index >= 15 is 0 Å². The standard InChI is InChI=1S/C11H15BrN2O2S/c1-17(15,16)10-3-2-5-13-11(10)14-6-4-9(7-12)8-14/h2-3,5,9H,4,6-8H2,1H3. The van der Waals surface area contributed by atoms with E-state index < -0.39 is 9.84 Å². The van der Waals surface area contributed by atoms with Crippen molar-refractivity contribution in [3.05, 3.63) is 18.3 Å². The first kappa shape index (κ1) is 12.8. The number of hydrogen-bond donors (Lipinski definition) is 0. The zero-order chi connectivity index (χ0) is 12.5. The van der Waals surface area contributed by atoms with Gasteiger partial charge in [0.2, 0.25) is 0 Å². The number of pyridine rings is 1. The SMILES string of the molecule is CS(=O)(=O)c1cccnc1N1CCC(CBr)C1. The molecule has 1 fully saturated rings. The van der Waals surface area contributed by atoms with Gasteiger partial charge in [-0.15, -0.1) is 0 Å². The summed E-state index contributed by atoms with van der Waals surface area (Å²) >= 11 is 3.47. The number of aromatic nitrogens is 1. The number of hydrogen-bond acceptors (Lipinski definition) is 4. The highest BCUT2D eigenvalue weighted by atomic mass is 79.9. The zero-order valence-electron chi connectivity index (χ0n) is 9.63. The average Bonchev–Trinajstić information content (AvgIpc) is 2.76. The Hall–Kier alpha value is -0.620. The van der Waals surface area contributed by atoms with Gasteiger partial charge in [0, 0.05) is 30.9 Å². The van der Waals surface area contributed by atoms with E-state index in [1.807, 2.05) is 0 Å². The summed E-state index contributed by atoms with van der Waals surface area (Å²) in [6.07, 6.45) is 3.95. The first-order chi connectivity index (χ1) is 8.02. The molecule has 1 saturated heterocycles. The maximum atomic E-state index is 11.7. The van der Waals surface area contributed by atoms with Crippen LogP contribution >= 0.6 is 15.9 Å². The Balaban J connectivity index is 2.34. The molecule has 0 radical (unpaired) electrons. The monoisotopic (exact) mass is 318 g/mol. The Morgan fingerprint density at radius 3 is 2.94 bits per heavy atom. The van der Waals surface area contributed by atoms with Crippen molar-refractivity contribution >= 4 is 31.6 Å². The van der Waals surface area contributed by atoms with E-state index in [4.69, 9.17) is 0 Å². The van der Waals surface area contributed by atoms with E-state index in [1.165, 1.54) is 6.26 Å². The van der Waals surface area contributed by atoms with Gasteiger partial charge in [0.05, 0.1) is 0 Å². The molecule has 1 unspecified atom stereocenters. The summed E-state index contributed by atoms with van der Waals surface area (Å²) < 4.78 is 23.4. The van der Waals surface area contributed by atoms with Crippen LogP contribution in [-0.4, -0.2) is 38.1 Å². The van der Waals surface area contributed by atoms with Crippen LogP contribution in [0.3, 0.4) is 0 Å². The maximum absolute atomic E-state index is 11.7. The quantitative estimate of drug-likeness (QED) is 0.796. The second kappa shape index (κ2) is 4.94. The van der Waals surface area contributed by atoms with E-state index in [9.17, 15) is 8.42 Å². The van der Waals surface area contributed by atoms with Gasteiger partial charge >= 0.3 is 0 Å². The summed E-state index contributed by atoms with van der Waals surface area (Å²) in [4.78, 5) is 6.61. The molecule has 2 rings (SSSR count). The molecule has 94 valence electrons. The largest absolute Gasteiger partial charge is 0.355 e. The van der Waals surface area contributed by atoms with Crippen LogP contribution in [0.5, 0.6) is 0 Å². The van der Waals surface area contributed by atoms with Crippen LogP contribution in [0, 0.1) is 5.92 Å². The van der Waals surface area contributed by atoms with Crippen LogP contribution in [0.15, 0.2) is 23.2 Å². The Morgan fingerprint density at radius 2 is 2.35 bits per heavy atom. The molecule has 0 aliphatic carbocycles. The van der Waals surface area contributed by atoms with E-state index in [1.54, 1.807) is 18.3 Å². The molecule has 0 saturated carbocycles. The normalized spacial score (nSPS) is 20.8. The number of halogens is 1. The van der Waals surface area contributed by atoms with Crippen molar-refractivity contribution in [2.24, 2.45) is 5.92 Å². The number of rotatable bonds is 3. The van der Waals surface area contributed by atoms with Crippen LogP contribution in [-0.2, 0) is 9.84 Å². The van der Waals surface area contributed by atoms with Crippen LogP contribution in [0.1, 0.15) is 6.42 Å². The van der Waals surface area contributed by atoms with Crippen LogP contribution in [0.4, 0.5) is 5.82 Å². The second-order valence-corrected chi connectivity index (χ2v) is 6.98. The number of nitrogens with zero attached hydrogens (tertiary/aromatic N) is 2. The van der Waals surface area contributed by atoms with E-state index in [0.29, 0.717) is 16.6 Å². The second-order valence-electron chi connectivity index (χ2n) is 4.35.